The van der Waals surface area contributed by atoms with E-state index in [1.54, 1.807) is 0 Å². The van der Waals surface area contributed by atoms with Crippen LogP contribution in [0, 0.1) is 0 Å². The number of esters is 2. The Hall–Kier alpha value is -2.65. The van der Waals surface area contributed by atoms with Crippen LogP contribution in [0.4, 0.5) is 23.3 Å². The van der Waals surface area contributed by atoms with Crippen LogP contribution >= 0.6 is 0 Å². The quantitative estimate of drug-likeness (QED) is 0.365. The second-order valence-electron chi connectivity index (χ2n) is 4.23. The second-order valence-corrected chi connectivity index (χ2v) is 4.23. The molecule has 0 unspecified atom stereocenters. The number of carbonyl (C=O) groups excluding carboxylic acids is 3. The Morgan fingerprint density at radius 3 is 2.30 bits per heavy atom. The Morgan fingerprint density at radius 1 is 1.22 bits per heavy atom. The summed E-state index contributed by atoms with van der Waals surface area (Å²) in [6.45, 7) is 1.04. The molecule has 126 valence electrons. The third-order valence-electron chi connectivity index (χ3n) is 2.42. The van der Waals surface area contributed by atoms with Crippen molar-refractivity contribution in [1.82, 2.24) is 0 Å². The fourth-order valence-corrected chi connectivity index (χ4v) is 1.54. The van der Waals surface area contributed by atoms with Crippen LogP contribution in [-0.4, -0.2) is 31.1 Å². The number of alkyl halides is 3. The van der Waals surface area contributed by atoms with Gasteiger partial charge in [-0.1, -0.05) is 4.48 Å². The highest BCUT2D eigenvalue weighted by Crippen LogP contribution is 2.28. The molecule has 0 spiro atoms. The molecule has 0 bridgehead atoms. The van der Waals surface area contributed by atoms with E-state index in [0.717, 1.165) is 32.2 Å². The van der Waals surface area contributed by atoms with Crippen molar-refractivity contribution in [2.45, 2.75) is 19.5 Å². The summed E-state index contributed by atoms with van der Waals surface area (Å²) in [6.07, 6.45) is -6.90. The molecule has 6 nitrogen and oxygen atoms in total. The van der Waals surface area contributed by atoms with Crippen LogP contribution in [0.5, 0.6) is 5.75 Å². The number of nitrogens with zero attached hydrogens (tertiary/aromatic N) is 1. The Morgan fingerprint density at radius 2 is 1.83 bits per heavy atom. The predicted molar refractivity (Wildman–Crippen MR) is 68.4 cm³/mol. The number of hydrogen-bond acceptors (Lipinski definition) is 5. The first-order valence-corrected chi connectivity index (χ1v) is 6.01. The second kappa shape index (κ2) is 7.07. The predicted octanol–water partition coefficient (Wildman–Crippen LogP) is 2.57. The number of hydrogen-bond donors (Lipinski definition) is 0. The zero-order chi connectivity index (χ0) is 17.8. The highest BCUT2D eigenvalue weighted by atomic mass is 19.4. The molecule has 1 rings (SSSR count). The molecule has 0 aliphatic carbocycles. The number of rotatable bonds is 4. The first-order valence-electron chi connectivity index (χ1n) is 6.01. The standard InChI is InChI=1S/C13H11F4NO5/c1-7(19)23-10-4-3-8(5-9(10)12(21)22-2)18(17)11(20)6-13(14,15)16/h3-5H,6H2,1-2H3. The topological polar surface area (TPSA) is 72.9 Å². The summed E-state index contributed by atoms with van der Waals surface area (Å²) < 4.78 is 59.1. The van der Waals surface area contributed by atoms with E-state index >= 15 is 0 Å². The van der Waals surface area contributed by atoms with Crippen molar-refractivity contribution in [3.8, 4) is 5.75 Å². The summed E-state index contributed by atoms with van der Waals surface area (Å²) in [5, 5.41) is -0.753. The highest BCUT2D eigenvalue weighted by Gasteiger charge is 2.34. The van der Waals surface area contributed by atoms with Crippen molar-refractivity contribution in [1.29, 1.82) is 0 Å². The number of benzene rings is 1. The maximum absolute atomic E-state index is 13.7. The lowest BCUT2D eigenvalue weighted by molar-refractivity contribution is -0.153. The summed E-state index contributed by atoms with van der Waals surface area (Å²) in [6, 6.07) is 2.56. The van der Waals surface area contributed by atoms with E-state index < -0.39 is 46.8 Å². The van der Waals surface area contributed by atoms with Gasteiger partial charge in [0, 0.05) is 6.92 Å². The van der Waals surface area contributed by atoms with Gasteiger partial charge in [0.25, 0.3) is 5.91 Å². The van der Waals surface area contributed by atoms with E-state index in [1.807, 2.05) is 0 Å². The fraction of sp³-hybridized carbons (Fsp3) is 0.308. The third-order valence-corrected chi connectivity index (χ3v) is 2.42. The lowest BCUT2D eigenvalue weighted by atomic mass is 10.1. The minimum Gasteiger partial charge on any atom is -0.465 e. The van der Waals surface area contributed by atoms with Gasteiger partial charge in [-0.3, -0.25) is 9.59 Å². The lowest BCUT2D eigenvalue weighted by Crippen LogP contribution is -2.27. The molecular weight excluding hydrogens is 326 g/mol. The van der Waals surface area contributed by atoms with Crippen LogP contribution in [-0.2, 0) is 14.3 Å². The van der Waals surface area contributed by atoms with E-state index in [-0.39, 0.29) is 5.75 Å². The molecule has 0 N–H and O–H groups in total. The normalized spacial score (nSPS) is 10.9. The molecule has 0 aliphatic heterocycles. The van der Waals surface area contributed by atoms with Crippen molar-refractivity contribution >= 4 is 23.5 Å². The number of carbonyl (C=O) groups is 3. The number of methoxy groups -OCH3 is 1. The summed E-state index contributed by atoms with van der Waals surface area (Å²) in [4.78, 5) is 33.7. The highest BCUT2D eigenvalue weighted by molar-refractivity contribution is 5.97. The van der Waals surface area contributed by atoms with Crippen LogP contribution in [0.25, 0.3) is 0 Å². The summed E-state index contributed by atoms with van der Waals surface area (Å²) in [5.74, 6) is -3.97. The van der Waals surface area contributed by atoms with E-state index in [1.165, 1.54) is 0 Å². The maximum atomic E-state index is 13.7. The van der Waals surface area contributed by atoms with Gasteiger partial charge in [0.15, 0.2) is 0 Å². The van der Waals surface area contributed by atoms with Gasteiger partial charge in [-0.05, 0) is 18.2 Å². The van der Waals surface area contributed by atoms with Gasteiger partial charge in [0.2, 0.25) is 0 Å². The van der Waals surface area contributed by atoms with Gasteiger partial charge in [-0.15, -0.1) is 5.12 Å². The van der Waals surface area contributed by atoms with Crippen molar-refractivity contribution in [2.24, 2.45) is 0 Å². The van der Waals surface area contributed by atoms with Crippen molar-refractivity contribution in [2.75, 3.05) is 12.2 Å². The summed E-state index contributed by atoms with van der Waals surface area (Å²) in [7, 11) is 0.995. The van der Waals surface area contributed by atoms with Crippen LogP contribution < -0.4 is 9.86 Å². The van der Waals surface area contributed by atoms with E-state index in [9.17, 15) is 32.0 Å². The largest absolute Gasteiger partial charge is 0.465 e. The van der Waals surface area contributed by atoms with Gasteiger partial charge in [-0.25, -0.2) is 4.79 Å². The van der Waals surface area contributed by atoms with Crippen molar-refractivity contribution in [3.63, 3.8) is 0 Å². The summed E-state index contributed by atoms with van der Waals surface area (Å²) >= 11 is 0. The molecule has 10 heteroatoms. The van der Waals surface area contributed by atoms with Crippen LogP contribution in [0.15, 0.2) is 18.2 Å². The van der Waals surface area contributed by atoms with Gasteiger partial charge in [-0.2, -0.15) is 13.2 Å². The van der Waals surface area contributed by atoms with Gasteiger partial charge >= 0.3 is 18.1 Å². The molecule has 0 radical (unpaired) electrons. The van der Waals surface area contributed by atoms with E-state index in [4.69, 9.17) is 4.74 Å². The average molecular weight is 337 g/mol. The van der Waals surface area contributed by atoms with Crippen LogP contribution in [0.3, 0.4) is 0 Å². The first-order chi connectivity index (χ1) is 10.5. The molecular formula is C13H11F4NO5. The Bertz CT molecular complexity index is 629. The molecule has 0 heterocycles. The third kappa shape index (κ3) is 5.24. The first kappa shape index (κ1) is 18.4. The fourth-order valence-electron chi connectivity index (χ4n) is 1.54. The van der Waals surface area contributed by atoms with Gasteiger partial charge in [0.1, 0.15) is 17.7 Å². The molecule has 0 saturated carbocycles. The Kier molecular flexibility index (Phi) is 5.66. The zero-order valence-electron chi connectivity index (χ0n) is 11.9. The molecule has 23 heavy (non-hydrogen) atoms. The van der Waals surface area contributed by atoms with Gasteiger partial charge < -0.3 is 9.47 Å². The summed E-state index contributed by atoms with van der Waals surface area (Å²) in [5.41, 5.74) is -1.07. The number of amides is 1. The zero-order valence-corrected chi connectivity index (χ0v) is 11.9. The monoisotopic (exact) mass is 337 g/mol. The molecule has 1 aromatic carbocycles. The number of halogens is 4. The SMILES string of the molecule is COC(=O)c1cc(N(F)C(=O)CC(F)(F)F)ccc1OC(C)=O. The maximum Gasteiger partial charge on any atom is 0.397 e. The van der Waals surface area contributed by atoms with Gasteiger partial charge in [0.05, 0.1) is 12.8 Å². The molecule has 0 aromatic heterocycles. The molecule has 0 atom stereocenters. The molecule has 0 aliphatic rings. The Labute approximate surface area is 127 Å². The smallest absolute Gasteiger partial charge is 0.397 e. The van der Waals surface area contributed by atoms with Crippen molar-refractivity contribution in [3.05, 3.63) is 23.8 Å². The van der Waals surface area contributed by atoms with E-state index in [0.29, 0.717) is 0 Å². The number of ether oxygens (including phenoxy) is 2. The minimum atomic E-state index is -4.88. The van der Waals surface area contributed by atoms with Crippen LogP contribution in [0.2, 0.25) is 0 Å². The molecule has 1 amide bonds. The Balaban J connectivity index is 3.16. The number of anilines is 1. The minimum absolute atomic E-state index is 0.287. The van der Waals surface area contributed by atoms with Crippen molar-refractivity contribution < 1.29 is 41.5 Å². The average Bonchev–Trinajstić information content (AvgIpc) is 2.43. The van der Waals surface area contributed by atoms with Crippen LogP contribution in [0.1, 0.15) is 23.7 Å². The lowest BCUT2D eigenvalue weighted by Gasteiger charge is -2.15. The van der Waals surface area contributed by atoms with E-state index in [2.05, 4.69) is 4.74 Å². The molecule has 0 saturated heterocycles. The molecule has 1 aromatic rings. The molecule has 0 fully saturated rings.